The van der Waals surface area contributed by atoms with Gasteiger partial charge in [-0.2, -0.15) is 0 Å². The van der Waals surface area contributed by atoms with Crippen LogP contribution in [0.3, 0.4) is 0 Å². The van der Waals surface area contributed by atoms with Crippen molar-refractivity contribution >= 4 is 29.1 Å². The summed E-state index contributed by atoms with van der Waals surface area (Å²) in [5.74, 6) is -2.19. The third kappa shape index (κ3) is 5.04. The zero-order valence-electron chi connectivity index (χ0n) is 25.8. The maximum Gasteiger partial charge on any atom is 0.253 e. The number of likely N-dealkylation sites (tertiary alicyclic amines) is 1. The molecule has 1 spiro atoms. The fourth-order valence-corrected chi connectivity index (χ4v) is 7.67. The van der Waals surface area contributed by atoms with E-state index in [2.05, 4.69) is 31.9 Å². The first-order valence-electron chi connectivity index (χ1n) is 15.5. The first-order valence-corrected chi connectivity index (χ1v) is 15.5. The monoisotopic (exact) mass is 580 g/mol. The minimum Gasteiger partial charge on any atom is -0.395 e. The lowest BCUT2D eigenvalue weighted by Gasteiger charge is -2.37. The van der Waals surface area contributed by atoms with Gasteiger partial charge in [0.15, 0.2) is 0 Å². The molecule has 0 saturated carbocycles. The number of nitrogens with zero attached hydrogens (tertiary/aromatic N) is 4. The number of benzene rings is 1. The molecule has 1 aromatic rings. The Bertz CT molecular complexity index is 1170. The van der Waals surface area contributed by atoms with Crippen LogP contribution in [0.5, 0.6) is 0 Å². The minimum absolute atomic E-state index is 0.00888. The lowest BCUT2D eigenvalue weighted by molar-refractivity contribution is -0.151. The number of rotatable bonds is 15. The Hall–Kier alpha value is -3.17. The molecule has 4 rings (SSSR count). The Kier molecular flexibility index (Phi) is 9.83. The largest absolute Gasteiger partial charge is 0.395 e. The quantitative estimate of drug-likeness (QED) is 0.319. The maximum atomic E-state index is 14.6. The summed E-state index contributed by atoms with van der Waals surface area (Å²) in [4.78, 5) is 50.1. The van der Waals surface area contributed by atoms with E-state index in [0.29, 0.717) is 38.0 Å². The van der Waals surface area contributed by atoms with Crippen LogP contribution in [-0.4, -0.2) is 95.7 Å². The van der Waals surface area contributed by atoms with Gasteiger partial charge in [-0.1, -0.05) is 26.0 Å². The van der Waals surface area contributed by atoms with Crippen molar-refractivity contribution in [3.63, 3.8) is 0 Å². The first-order chi connectivity index (χ1) is 20.2. The smallest absolute Gasteiger partial charge is 0.253 e. The molecular weight excluding hydrogens is 532 g/mol. The fourth-order valence-electron chi connectivity index (χ4n) is 7.67. The lowest BCUT2D eigenvalue weighted by atomic mass is 9.64. The highest BCUT2D eigenvalue weighted by molar-refractivity contribution is 6.05. The summed E-state index contributed by atoms with van der Waals surface area (Å²) in [7, 11) is 0. The van der Waals surface area contributed by atoms with Crippen LogP contribution in [0, 0.1) is 11.8 Å². The summed E-state index contributed by atoms with van der Waals surface area (Å²) in [5.41, 5.74) is -0.209. The number of hydrogen-bond donors (Lipinski definition) is 1. The summed E-state index contributed by atoms with van der Waals surface area (Å²) < 4.78 is 6.89. The van der Waals surface area contributed by atoms with Gasteiger partial charge in [-0.05, 0) is 63.8 Å². The zero-order valence-corrected chi connectivity index (χ0v) is 25.8. The van der Waals surface area contributed by atoms with Gasteiger partial charge >= 0.3 is 0 Å². The Morgan fingerprint density at radius 2 is 1.67 bits per heavy atom. The van der Waals surface area contributed by atoms with Crippen molar-refractivity contribution in [2.24, 2.45) is 11.8 Å². The maximum absolute atomic E-state index is 14.6. The molecule has 0 radical (unpaired) electrons. The van der Waals surface area contributed by atoms with Crippen LogP contribution < -0.4 is 9.80 Å². The molecule has 230 valence electrons. The second kappa shape index (κ2) is 13.0. The number of fused-ring (bicyclic) bond motifs is 1. The Morgan fingerprint density at radius 3 is 2.21 bits per heavy atom. The van der Waals surface area contributed by atoms with Crippen molar-refractivity contribution in [2.45, 2.75) is 70.6 Å². The van der Waals surface area contributed by atoms with Gasteiger partial charge in [0, 0.05) is 50.6 Å². The van der Waals surface area contributed by atoms with Gasteiger partial charge in [-0.25, -0.2) is 0 Å². The summed E-state index contributed by atoms with van der Waals surface area (Å²) in [6, 6.07) is 6.87. The van der Waals surface area contributed by atoms with Gasteiger partial charge in [0.05, 0.1) is 24.0 Å². The molecule has 3 aliphatic heterocycles. The average molecular weight is 581 g/mol. The normalized spacial score (nSPS) is 27.6. The molecular formula is C33H48N4O5. The first kappa shape index (κ1) is 31.8. The molecule has 3 heterocycles. The minimum atomic E-state index is -1.15. The molecule has 3 amide bonds. The molecule has 1 aromatic carbocycles. The van der Waals surface area contributed by atoms with Crippen LogP contribution in [0.25, 0.3) is 0 Å². The third-order valence-electron chi connectivity index (χ3n) is 9.54. The zero-order chi connectivity index (χ0) is 30.7. The highest BCUT2D eigenvalue weighted by atomic mass is 16.5. The highest BCUT2D eigenvalue weighted by Crippen LogP contribution is 2.64. The third-order valence-corrected chi connectivity index (χ3v) is 9.54. The Morgan fingerprint density at radius 1 is 1.02 bits per heavy atom. The second-order valence-corrected chi connectivity index (χ2v) is 11.6. The predicted octanol–water partition coefficient (Wildman–Crippen LogP) is 3.62. The SMILES string of the molecule is C=CCN(CCC)C(=O)[C@@H]1[C@H]2C(=O)N(CCO)C(C(=O)N(CC=C)c3ccc(N(CC)CC)cc3)C23CC[C@@]1(CC)O3. The van der Waals surface area contributed by atoms with E-state index < -0.39 is 29.1 Å². The number of aliphatic hydroxyl groups is 1. The molecule has 3 fully saturated rings. The van der Waals surface area contributed by atoms with Gasteiger partial charge in [0.1, 0.15) is 11.6 Å². The van der Waals surface area contributed by atoms with E-state index in [9.17, 15) is 19.5 Å². The topological polar surface area (TPSA) is 93.6 Å². The van der Waals surface area contributed by atoms with E-state index in [1.807, 2.05) is 38.1 Å². The molecule has 9 nitrogen and oxygen atoms in total. The van der Waals surface area contributed by atoms with Crippen LogP contribution >= 0.6 is 0 Å². The van der Waals surface area contributed by atoms with Crippen molar-refractivity contribution in [3.8, 4) is 0 Å². The summed E-state index contributed by atoms with van der Waals surface area (Å²) in [6.07, 6.45) is 5.80. The number of β-amino-alcohol motifs (C(OH)–C–C–N with tert-alkyl or cyclic N) is 1. The van der Waals surface area contributed by atoms with Crippen LogP contribution in [0.4, 0.5) is 11.4 Å². The molecule has 3 saturated heterocycles. The van der Waals surface area contributed by atoms with E-state index in [1.165, 1.54) is 4.90 Å². The predicted molar refractivity (Wildman–Crippen MR) is 165 cm³/mol. The van der Waals surface area contributed by atoms with Crippen LogP contribution in [0.15, 0.2) is 49.6 Å². The summed E-state index contributed by atoms with van der Waals surface area (Å²) in [5, 5.41) is 10.00. The van der Waals surface area contributed by atoms with Gasteiger partial charge in [0.2, 0.25) is 11.8 Å². The summed E-state index contributed by atoms with van der Waals surface area (Å²) in [6.45, 7) is 18.5. The standard InChI is InChI=1S/C33H48N4O5/c1-7-19-35(20-8-2)29(39)26-27-30(40)37(22-23-38)28(33(27)18-17-32(26,10-4)42-33)31(41)36(21-9-3)25-15-13-24(14-16-25)34(11-5)12-6/h7,9,13-16,26-28,38H,1,3,8,10-12,17-23H2,2,4-6H3/t26-,27-,28?,32+,33?/m0/s1. The second-order valence-electron chi connectivity index (χ2n) is 11.6. The van der Waals surface area contributed by atoms with Gasteiger partial charge < -0.3 is 29.4 Å². The lowest BCUT2D eigenvalue weighted by Crippen LogP contribution is -2.57. The number of amides is 3. The molecule has 0 aliphatic carbocycles. The average Bonchev–Trinajstić information content (AvgIpc) is 3.60. The van der Waals surface area contributed by atoms with E-state index >= 15 is 0 Å². The van der Waals surface area contributed by atoms with Crippen LogP contribution in [0.2, 0.25) is 0 Å². The molecule has 2 unspecified atom stereocenters. The number of anilines is 2. The molecule has 9 heteroatoms. The van der Waals surface area contributed by atoms with Gasteiger partial charge in [0.25, 0.3) is 5.91 Å². The molecule has 3 aliphatic rings. The Balaban J connectivity index is 1.77. The summed E-state index contributed by atoms with van der Waals surface area (Å²) >= 11 is 0. The number of aliphatic hydroxyl groups excluding tert-OH is 1. The molecule has 42 heavy (non-hydrogen) atoms. The molecule has 2 bridgehead atoms. The van der Waals surface area contributed by atoms with E-state index in [1.54, 1.807) is 22.0 Å². The number of carbonyl (C=O) groups excluding carboxylic acids is 3. The van der Waals surface area contributed by atoms with Crippen molar-refractivity contribution in [3.05, 3.63) is 49.6 Å². The molecule has 0 aromatic heterocycles. The molecule has 1 N–H and O–H groups in total. The van der Waals surface area contributed by atoms with E-state index in [4.69, 9.17) is 4.74 Å². The van der Waals surface area contributed by atoms with Crippen molar-refractivity contribution in [1.82, 2.24) is 9.80 Å². The van der Waals surface area contributed by atoms with Gasteiger partial charge in [-0.3, -0.25) is 14.4 Å². The van der Waals surface area contributed by atoms with Crippen molar-refractivity contribution in [2.75, 3.05) is 55.7 Å². The van der Waals surface area contributed by atoms with E-state index in [-0.39, 0.29) is 37.4 Å². The fraction of sp³-hybridized carbons (Fsp3) is 0.606. The number of hydrogen-bond acceptors (Lipinski definition) is 6. The molecule has 5 atom stereocenters. The van der Waals surface area contributed by atoms with Gasteiger partial charge in [-0.15, -0.1) is 13.2 Å². The highest BCUT2D eigenvalue weighted by Gasteiger charge is 2.79. The van der Waals surface area contributed by atoms with Crippen LogP contribution in [-0.2, 0) is 19.1 Å². The number of carbonyl (C=O) groups is 3. The van der Waals surface area contributed by atoms with Crippen molar-refractivity contribution in [1.29, 1.82) is 0 Å². The van der Waals surface area contributed by atoms with Crippen LogP contribution in [0.1, 0.15) is 53.4 Å². The van der Waals surface area contributed by atoms with Crippen molar-refractivity contribution < 1.29 is 24.2 Å². The van der Waals surface area contributed by atoms with E-state index in [0.717, 1.165) is 25.2 Å². The number of ether oxygens (including phenoxy) is 1. The Labute approximate surface area is 250 Å².